The highest BCUT2D eigenvalue weighted by Gasteiger charge is 2.09. The van der Waals surface area contributed by atoms with Gasteiger partial charge in [0.05, 0.1) is 6.20 Å². The van der Waals surface area contributed by atoms with E-state index in [1.54, 1.807) is 0 Å². The Labute approximate surface area is 86.3 Å². The fraction of sp³-hybridized carbons (Fsp3) is 0. The zero-order valence-electron chi connectivity index (χ0n) is 7.90. The minimum atomic E-state index is -0.512. The number of H-pyrrole nitrogens is 1. The van der Waals surface area contributed by atoms with Crippen LogP contribution < -0.4 is 11.1 Å². The molecule has 5 nitrogen and oxygen atoms in total. The van der Waals surface area contributed by atoms with E-state index in [0.29, 0.717) is 11.4 Å². The highest BCUT2D eigenvalue weighted by molar-refractivity contribution is 5.97. The summed E-state index contributed by atoms with van der Waals surface area (Å²) in [5.74, 6) is -0.00381. The second kappa shape index (κ2) is 3.83. The third kappa shape index (κ3) is 1.96. The van der Waals surface area contributed by atoms with Crippen LogP contribution in [0.2, 0.25) is 0 Å². The standard InChI is InChI=1S/C10H10N4O/c11-9(15)8-6-12-14-10(8)13-7-4-2-1-3-5-7/h1-6H,(H2,11,15)(H2,12,13,14). The molecule has 1 amide bonds. The number of amides is 1. The first-order valence-corrected chi connectivity index (χ1v) is 4.42. The van der Waals surface area contributed by atoms with Crippen molar-refractivity contribution in [3.63, 3.8) is 0 Å². The summed E-state index contributed by atoms with van der Waals surface area (Å²) in [7, 11) is 0. The molecule has 0 aliphatic carbocycles. The number of hydrogen-bond acceptors (Lipinski definition) is 3. The van der Waals surface area contributed by atoms with Crippen molar-refractivity contribution in [1.82, 2.24) is 10.2 Å². The van der Waals surface area contributed by atoms with Gasteiger partial charge in [0.2, 0.25) is 0 Å². The van der Waals surface area contributed by atoms with Gasteiger partial charge in [-0.15, -0.1) is 0 Å². The summed E-state index contributed by atoms with van der Waals surface area (Å²) < 4.78 is 0. The summed E-state index contributed by atoms with van der Waals surface area (Å²) in [4.78, 5) is 11.0. The van der Waals surface area contributed by atoms with Crippen LogP contribution in [0.3, 0.4) is 0 Å². The summed E-state index contributed by atoms with van der Waals surface area (Å²) in [5.41, 5.74) is 6.38. The van der Waals surface area contributed by atoms with Crippen molar-refractivity contribution < 1.29 is 4.79 Å². The maximum atomic E-state index is 11.0. The number of carbonyl (C=O) groups is 1. The molecule has 0 bridgehead atoms. The van der Waals surface area contributed by atoms with Crippen molar-refractivity contribution in [2.45, 2.75) is 0 Å². The Kier molecular flexibility index (Phi) is 2.37. The monoisotopic (exact) mass is 202 g/mol. The number of rotatable bonds is 3. The van der Waals surface area contributed by atoms with Crippen molar-refractivity contribution in [2.75, 3.05) is 5.32 Å². The van der Waals surface area contributed by atoms with Crippen LogP contribution in [0.1, 0.15) is 10.4 Å². The number of primary amides is 1. The van der Waals surface area contributed by atoms with E-state index < -0.39 is 5.91 Å². The molecule has 0 saturated carbocycles. The number of aromatic amines is 1. The molecule has 1 aromatic carbocycles. The minimum absolute atomic E-state index is 0.346. The Morgan fingerprint density at radius 1 is 1.33 bits per heavy atom. The van der Waals surface area contributed by atoms with Gasteiger partial charge in [-0.2, -0.15) is 5.10 Å². The van der Waals surface area contributed by atoms with Crippen molar-refractivity contribution >= 4 is 17.4 Å². The molecule has 0 unspecified atom stereocenters. The Balaban J connectivity index is 2.25. The number of anilines is 2. The molecule has 2 rings (SSSR count). The predicted octanol–water partition coefficient (Wildman–Crippen LogP) is 1.25. The average Bonchev–Trinajstić information content (AvgIpc) is 2.67. The number of aromatic nitrogens is 2. The molecule has 0 radical (unpaired) electrons. The summed E-state index contributed by atoms with van der Waals surface area (Å²) >= 11 is 0. The molecule has 0 atom stereocenters. The van der Waals surface area contributed by atoms with Crippen LogP contribution in [0.25, 0.3) is 0 Å². The Hall–Kier alpha value is -2.30. The average molecular weight is 202 g/mol. The first-order valence-electron chi connectivity index (χ1n) is 4.42. The number of nitrogens with one attached hydrogen (secondary N) is 2. The quantitative estimate of drug-likeness (QED) is 0.700. The van der Waals surface area contributed by atoms with Gasteiger partial charge in [-0.05, 0) is 12.1 Å². The number of benzene rings is 1. The van der Waals surface area contributed by atoms with Crippen molar-refractivity contribution in [3.05, 3.63) is 42.1 Å². The van der Waals surface area contributed by atoms with Crippen LogP contribution in [0.15, 0.2) is 36.5 Å². The maximum Gasteiger partial charge on any atom is 0.254 e. The lowest BCUT2D eigenvalue weighted by molar-refractivity contribution is 0.100. The van der Waals surface area contributed by atoms with E-state index in [9.17, 15) is 4.79 Å². The van der Waals surface area contributed by atoms with Gasteiger partial charge in [-0.3, -0.25) is 9.89 Å². The van der Waals surface area contributed by atoms with E-state index in [1.807, 2.05) is 30.3 Å². The summed E-state index contributed by atoms with van der Waals surface area (Å²) in [6.07, 6.45) is 1.40. The van der Waals surface area contributed by atoms with E-state index in [0.717, 1.165) is 5.69 Å². The van der Waals surface area contributed by atoms with E-state index in [4.69, 9.17) is 5.73 Å². The van der Waals surface area contributed by atoms with Crippen molar-refractivity contribution in [1.29, 1.82) is 0 Å². The second-order valence-electron chi connectivity index (χ2n) is 3.01. The van der Waals surface area contributed by atoms with E-state index in [-0.39, 0.29) is 0 Å². The Morgan fingerprint density at radius 2 is 2.07 bits per heavy atom. The van der Waals surface area contributed by atoms with Crippen molar-refractivity contribution in [3.8, 4) is 0 Å². The first-order chi connectivity index (χ1) is 7.27. The van der Waals surface area contributed by atoms with Gasteiger partial charge in [0, 0.05) is 5.69 Å². The molecular weight excluding hydrogens is 192 g/mol. The third-order valence-electron chi connectivity index (χ3n) is 1.95. The van der Waals surface area contributed by atoms with E-state index >= 15 is 0 Å². The summed E-state index contributed by atoms with van der Waals surface area (Å²) in [6.45, 7) is 0. The zero-order chi connectivity index (χ0) is 10.7. The van der Waals surface area contributed by atoms with Gasteiger partial charge >= 0.3 is 0 Å². The van der Waals surface area contributed by atoms with Crippen LogP contribution in [0.4, 0.5) is 11.5 Å². The fourth-order valence-corrected chi connectivity index (χ4v) is 1.23. The molecular formula is C10H10N4O. The van der Waals surface area contributed by atoms with Crippen LogP contribution in [-0.2, 0) is 0 Å². The molecule has 1 aromatic heterocycles. The number of para-hydroxylation sites is 1. The second-order valence-corrected chi connectivity index (χ2v) is 3.01. The Morgan fingerprint density at radius 3 is 2.73 bits per heavy atom. The zero-order valence-corrected chi connectivity index (χ0v) is 7.90. The molecule has 0 spiro atoms. The highest BCUT2D eigenvalue weighted by Crippen LogP contribution is 2.16. The minimum Gasteiger partial charge on any atom is -0.365 e. The molecule has 5 heteroatoms. The van der Waals surface area contributed by atoms with Gasteiger partial charge in [0.15, 0.2) is 0 Å². The fourth-order valence-electron chi connectivity index (χ4n) is 1.23. The topological polar surface area (TPSA) is 83.8 Å². The summed E-state index contributed by atoms with van der Waals surface area (Å²) in [6, 6.07) is 9.45. The smallest absolute Gasteiger partial charge is 0.254 e. The molecule has 2 aromatic rings. The lowest BCUT2D eigenvalue weighted by atomic mass is 10.3. The van der Waals surface area contributed by atoms with Gasteiger partial charge < -0.3 is 11.1 Å². The largest absolute Gasteiger partial charge is 0.365 e. The molecule has 15 heavy (non-hydrogen) atoms. The molecule has 1 heterocycles. The number of nitrogens with two attached hydrogens (primary N) is 1. The van der Waals surface area contributed by atoms with Gasteiger partial charge in [-0.25, -0.2) is 0 Å². The van der Waals surface area contributed by atoms with Crippen LogP contribution >= 0.6 is 0 Å². The first kappa shape index (κ1) is 9.26. The van der Waals surface area contributed by atoms with Crippen LogP contribution in [-0.4, -0.2) is 16.1 Å². The molecule has 4 N–H and O–H groups in total. The molecule has 0 aliphatic rings. The van der Waals surface area contributed by atoms with Gasteiger partial charge in [-0.1, -0.05) is 18.2 Å². The van der Waals surface area contributed by atoms with Crippen molar-refractivity contribution in [2.24, 2.45) is 5.73 Å². The molecule has 76 valence electrons. The number of nitrogens with zero attached hydrogens (tertiary/aromatic N) is 1. The lowest BCUT2D eigenvalue weighted by Crippen LogP contribution is -2.11. The number of hydrogen-bond donors (Lipinski definition) is 3. The Bertz CT molecular complexity index is 463. The summed E-state index contributed by atoms with van der Waals surface area (Å²) in [5, 5.41) is 9.44. The maximum absolute atomic E-state index is 11.0. The highest BCUT2D eigenvalue weighted by atomic mass is 16.1. The molecule has 0 aliphatic heterocycles. The third-order valence-corrected chi connectivity index (χ3v) is 1.95. The number of carbonyl (C=O) groups excluding carboxylic acids is 1. The van der Waals surface area contributed by atoms with E-state index in [1.165, 1.54) is 6.20 Å². The van der Waals surface area contributed by atoms with Gasteiger partial charge in [0.1, 0.15) is 11.4 Å². The van der Waals surface area contributed by atoms with Crippen LogP contribution in [0, 0.1) is 0 Å². The molecule has 0 saturated heterocycles. The van der Waals surface area contributed by atoms with Crippen LogP contribution in [0.5, 0.6) is 0 Å². The SMILES string of the molecule is NC(=O)c1cn[nH]c1Nc1ccccc1. The van der Waals surface area contributed by atoms with E-state index in [2.05, 4.69) is 15.5 Å². The lowest BCUT2D eigenvalue weighted by Gasteiger charge is -2.04. The molecule has 0 fully saturated rings. The van der Waals surface area contributed by atoms with Gasteiger partial charge in [0.25, 0.3) is 5.91 Å². The normalized spacial score (nSPS) is 9.87. The predicted molar refractivity (Wildman–Crippen MR) is 56.8 cm³/mol.